The third-order valence-electron chi connectivity index (χ3n) is 5.72. The summed E-state index contributed by atoms with van der Waals surface area (Å²) in [7, 11) is 6.22. The summed E-state index contributed by atoms with van der Waals surface area (Å²) in [6.45, 7) is 6.04. The number of rotatable bonds is 6. The molecule has 0 amide bonds. The van der Waals surface area contributed by atoms with Crippen molar-refractivity contribution in [2.75, 3.05) is 27.2 Å². The number of hydrogen-bond donors (Lipinski definition) is 0. The number of likely N-dealkylation sites (tertiary alicyclic amines) is 1. The van der Waals surface area contributed by atoms with Crippen LogP contribution in [0.4, 0.5) is 0 Å². The molecule has 0 radical (unpaired) electrons. The Kier molecular flexibility index (Phi) is 5.78. The first-order chi connectivity index (χ1) is 14.0. The molecule has 0 N–H and O–H groups in total. The molecule has 154 valence electrons. The van der Waals surface area contributed by atoms with E-state index in [9.17, 15) is 0 Å². The van der Waals surface area contributed by atoms with Gasteiger partial charge in [-0.05, 0) is 64.6 Å². The summed E-state index contributed by atoms with van der Waals surface area (Å²) in [6.07, 6.45) is 6.39. The van der Waals surface area contributed by atoms with E-state index in [4.69, 9.17) is 0 Å². The summed E-state index contributed by atoms with van der Waals surface area (Å²) in [5.74, 6) is 2.67. The van der Waals surface area contributed by atoms with E-state index in [1.807, 2.05) is 10.9 Å². The predicted molar refractivity (Wildman–Crippen MR) is 114 cm³/mol. The highest BCUT2D eigenvalue weighted by Crippen LogP contribution is 2.27. The second-order valence-corrected chi connectivity index (χ2v) is 8.45. The fraction of sp³-hybridized carbons (Fsp3) is 0.500. The van der Waals surface area contributed by atoms with Gasteiger partial charge in [0, 0.05) is 31.3 Å². The minimum Gasteiger partial charge on any atom is -0.317 e. The lowest BCUT2D eigenvalue weighted by atomic mass is 9.95. The smallest absolute Gasteiger partial charge is 0.146 e. The van der Waals surface area contributed by atoms with Gasteiger partial charge in [-0.1, -0.05) is 12.1 Å². The molecule has 0 spiro atoms. The Bertz CT molecular complexity index is 948. The summed E-state index contributed by atoms with van der Waals surface area (Å²) in [6, 6.07) is 8.44. The Labute approximate surface area is 173 Å². The van der Waals surface area contributed by atoms with E-state index >= 15 is 0 Å². The van der Waals surface area contributed by atoms with Crippen LogP contribution in [0.5, 0.6) is 0 Å². The number of nitrogens with zero attached hydrogens (tertiary/aromatic N) is 7. The van der Waals surface area contributed by atoms with Gasteiger partial charge < -0.3 is 9.47 Å². The zero-order valence-electron chi connectivity index (χ0n) is 17.9. The summed E-state index contributed by atoms with van der Waals surface area (Å²) in [4.78, 5) is 4.65. The largest absolute Gasteiger partial charge is 0.317 e. The van der Waals surface area contributed by atoms with E-state index in [2.05, 4.69) is 88.2 Å². The number of hydrogen-bond acceptors (Lipinski definition) is 5. The third-order valence-corrected chi connectivity index (χ3v) is 5.72. The summed E-state index contributed by atoms with van der Waals surface area (Å²) < 4.78 is 4.16. The molecule has 0 saturated carbocycles. The second-order valence-electron chi connectivity index (χ2n) is 8.45. The van der Waals surface area contributed by atoms with E-state index in [-0.39, 0.29) is 0 Å². The fourth-order valence-corrected chi connectivity index (χ4v) is 4.11. The first-order valence-electron chi connectivity index (χ1n) is 10.4. The van der Waals surface area contributed by atoms with E-state index in [1.54, 1.807) is 0 Å². The molecule has 1 aliphatic heterocycles. The second kappa shape index (κ2) is 8.47. The molecule has 1 fully saturated rings. The normalized spacial score (nSPS) is 16.0. The highest BCUT2D eigenvalue weighted by atomic mass is 15.3. The minimum atomic E-state index is 0.495. The Morgan fingerprint density at radius 1 is 1.14 bits per heavy atom. The van der Waals surface area contributed by atoms with Crippen molar-refractivity contribution >= 4 is 0 Å². The van der Waals surface area contributed by atoms with Crippen molar-refractivity contribution in [2.24, 2.45) is 7.05 Å². The first-order valence-corrected chi connectivity index (χ1v) is 10.4. The van der Waals surface area contributed by atoms with Crippen molar-refractivity contribution in [3.05, 3.63) is 59.4 Å². The number of piperidine rings is 1. The van der Waals surface area contributed by atoms with Gasteiger partial charge >= 0.3 is 0 Å². The van der Waals surface area contributed by atoms with Crippen LogP contribution in [0.2, 0.25) is 0 Å². The number of benzene rings is 1. The Morgan fingerprint density at radius 3 is 2.66 bits per heavy atom. The van der Waals surface area contributed by atoms with E-state index in [0.717, 1.165) is 56.4 Å². The molecule has 7 heteroatoms. The first kappa shape index (κ1) is 19.8. The molecule has 1 saturated heterocycles. The van der Waals surface area contributed by atoms with E-state index in [0.29, 0.717) is 5.92 Å². The van der Waals surface area contributed by atoms with Gasteiger partial charge in [0.2, 0.25) is 0 Å². The molecule has 2 aromatic heterocycles. The lowest BCUT2D eigenvalue weighted by molar-refractivity contribution is 0.200. The van der Waals surface area contributed by atoms with Gasteiger partial charge in [-0.3, -0.25) is 4.90 Å². The van der Waals surface area contributed by atoms with Crippen molar-refractivity contribution < 1.29 is 0 Å². The van der Waals surface area contributed by atoms with Crippen molar-refractivity contribution in [3.8, 4) is 5.69 Å². The minimum absolute atomic E-state index is 0.495. The zero-order chi connectivity index (χ0) is 20.4. The van der Waals surface area contributed by atoms with E-state index < -0.39 is 0 Å². The van der Waals surface area contributed by atoms with Crippen LogP contribution in [0.3, 0.4) is 0 Å². The van der Waals surface area contributed by atoms with Crippen molar-refractivity contribution in [2.45, 2.75) is 38.8 Å². The molecule has 1 aliphatic rings. The lowest BCUT2D eigenvalue weighted by Gasteiger charge is -2.31. The van der Waals surface area contributed by atoms with Gasteiger partial charge in [0.15, 0.2) is 0 Å². The molecule has 0 unspecified atom stereocenters. The standard InChI is InChI=1S/C22H31N7/c1-17-6-5-7-20(12-17)29-15-18(13-23-29)14-28-10-8-19(9-11-28)22-25-24-21(27(22)4)16-26(2)3/h5-7,12-13,15,19H,8-11,14,16H2,1-4H3. The Balaban J connectivity index is 1.34. The van der Waals surface area contributed by atoms with Crippen LogP contribution in [-0.2, 0) is 20.1 Å². The molecule has 3 aromatic rings. The molecular weight excluding hydrogens is 362 g/mol. The van der Waals surface area contributed by atoms with Crippen LogP contribution < -0.4 is 0 Å². The van der Waals surface area contributed by atoms with Gasteiger partial charge in [0.25, 0.3) is 0 Å². The molecule has 3 heterocycles. The summed E-state index contributed by atoms with van der Waals surface area (Å²) in [5, 5.41) is 13.5. The van der Waals surface area contributed by atoms with Crippen LogP contribution in [0.25, 0.3) is 5.69 Å². The van der Waals surface area contributed by atoms with Gasteiger partial charge in [0.05, 0.1) is 18.4 Å². The monoisotopic (exact) mass is 393 g/mol. The number of aromatic nitrogens is 5. The fourth-order valence-electron chi connectivity index (χ4n) is 4.11. The topological polar surface area (TPSA) is 55.0 Å². The van der Waals surface area contributed by atoms with Crippen LogP contribution >= 0.6 is 0 Å². The average Bonchev–Trinajstić information content (AvgIpc) is 3.30. The molecule has 29 heavy (non-hydrogen) atoms. The molecule has 0 bridgehead atoms. The highest BCUT2D eigenvalue weighted by molar-refractivity contribution is 5.35. The zero-order valence-corrected chi connectivity index (χ0v) is 17.9. The van der Waals surface area contributed by atoms with Gasteiger partial charge in [-0.2, -0.15) is 5.10 Å². The van der Waals surface area contributed by atoms with Crippen molar-refractivity contribution in [1.29, 1.82) is 0 Å². The molecule has 1 aromatic carbocycles. The van der Waals surface area contributed by atoms with Crippen LogP contribution in [0, 0.1) is 6.92 Å². The van der Waals surface area contributed by atoms with Crippen molar-refractivity contribution in [3.63, 3.8) is 0 Å². The number of aryl methyl sites for hydroxylation is 1. The van der Waals surface area contributed by atoms with Gasteiger partial charge in [-0.15, -0.1) is 10.2 Å². The molecule has 0 atom stereocenters. The highest BCUT2D eigenvalue weighted by Gasteiger charge is 2.25. The Morgan fingerprint density at radius 2 is 1.93 bits per heavy atom. The van der Waals surface area contributed by atoms with Crippen LogP contribution in [0.1, 0.15) is 41.5 Å². The maximum absolute atomic E-state index is 4.56. The molecular formula is C22H31N7. The maximum Gasteiger partial charge on any atom is 0.146 e. The molecule has 4 rings (SSSR count). The maximum atomic E-state index is 4.56. The van der Waals surface area contributed by atoms with Crippen molar-refractivity contribution in [1.82, 2.24) is 34.3 Å². The van der Waals surface area contributed by atoms with Gasteiger partial charge in [-0.25, -0.2) is 4.68 Å². The Hall–Kier alpha value is -2.51. The average molecular weight is 394 g/mol. The van der Waals surface area contributed by atoms with Crippen LogP contribution in [0.15, 0.2) is 36.7 Å². The van der Waals surface area contributed by atoms with Crippen LogP contribution in [-0.4, -0.2) is 61.5 Å². The van der Waals surface area contributed by atoms with Gasteiger partial charge in [0.1, 0.15) is 11.6 Å². The third kappa shape index (κ3) is 4.57. The SMILES string of the molecule is Cc1cccc(-n2cc(CN3CCC(c4nnc(CN(C)C)n4C)CC3)cn2)c1. The summed E-state index contributed by atoms with van der Waals surface area (Å²) in [5.41, 5.74) is 3.63. The van der Waals surface area contributed by atoms with E-state index in [1.165, 1.54) is 11.1 Å². The lowest BCUT2D eigenvalue weighted by Crippen LogP contribution is -2.33. The molecule has 0 aliphatic carbocycles. The summed E-state index contributed by atoms with van der Waals surface area (Å²) >= 11 is 0. The quantitative estimate of drug-likeness (QED) is 0.645. The molecule has 7 nitrogen and oxygen atoms in total. The predicted octanol–water partition coefficient (Wildman–Crippen LogP) is 2.75.